The van der Waals surface area contributed by atoms with Gasteiger partial charge in [0.25, 0.3) is 0 Å². The molecule has 5 rings (SSSR count). The Morgan fingerprint density at radius 3 is 1.47 bits per heavy atom. The summed E-state index contributed by atoms with van der Waals surface area (Å²) >= 11 is 0. The first kappa shape index (κ1) is 40.2. The highest BCUT2D eigenvalue weighted by Gasteiger charge is 2.35. The van der Waals surface area contributed by atoms with E-state index in [2.05, 4.69) is 86.8 Å². The molecule has 2 saturated carbocycles. The van der Waals surface area contributed by atoms with Crippen molar-refractivity contribution in [1.82, 2.24) is 0 Å². The highest BCUT2D eigenvalue weighted by Crippen LogP contribution is 2.44. The van der Waals surface area contributed by atoms with Crippen LogP contribution in [0.1, 0.15) is 120 Å². The Bertz CT molecular complexity index is 1610. The van der Waals surface area contributed by atoms with Crippen molar-refractivity contribution in [2.75, 3.05) is 13.2 Å². The zero-order valence-corrected chi connectivity index (χ0v) is 32.2. The van der Waals surface area contributed by atoms with Gasteiger partial charge in [0.05, 0.1) is 0 Å². The van der Waals surface area contributed by atoms with E-state index in [0.717, 1.165) is 43.2 Å². The fourth-order valence-corrected chi connectivity index (χ4v) is 8.45. The van der Waals surface area contributed by atoms with Crippen LogP contribution in [0.2, 0.25) is 0 Å². The average molecular weight is 721 g/mol. The van der Waals surface area contributed by atoms with E-state index < -0.39 is 0 Å². The maximum Gasteiger partial charge on any atom is 0.333 e. The summed E-state index contributed by atoms with van der Waals surface area (Å²) in [6.45, 7) is 13.4. The summed E-state index contributed by atoms with van der Waals surface area (Å²) in [5, 5.41) is 19.8. The summed E-state index contributed by atoms with van der Waals surface area (Å²) < 4.78 is 11.9. The number of aliphatic hydroxyl groups is 2. The normalized spacial score (nSPS) is 22.9. The van der Waals surface area contributed by atoms with Crippen LogP contribution in [0.3, 0.4) is 0 Å². The smallest absolute Gasteiger partial charge is 0.333 e. The molecule has 53 heavy (non-hydrogen) atoms. The number of unbranched alkanes of at least 4 members (excludes halogenated alkanes) is 2. The Labute approximate surface area is 317 Å². The second kappa shape index (κ2) is 19.4. The summed E-state index contributed by atoms with van der Waals surface area (Å²) in [5.74, 6) is -0.0313. The molecule has 0 radical (unpaired) electrons. The van der Waals surface area contributed by atoms with E-state index in [1.807, 2.05) is 0 Å². The Hall–Kier alpha value is -4.00. The lowest BCUT2D eigenvalue weighted by molar-refractivity contribution is -0.147. The van der Waals surface area contributed by atoms with Crippen LogP contribution < -0.4 is 0 Å². The molecular weight excluding hydrogens is 661 g/mol. The van der Waals surface area contributed by atoms with Crippen LogP contribution in [-0.2, 0) is 25.5 Å². The molecule has 3 aromatic carbocycles. The first-order valence-corrected chi connectivity index (χ1v) is 19.9. The van der Waals surface area contributed by atoms with E-state index >= 15 is 0 Å². The maximum atomic E-state index is 12.6. The van der Waals surface area contributed by atoms with Crippen LogP contribution in [-0.4, -0.2) is 47.6 Å². The van der Waals surface area contributed by atoms with E-state index in [-0.39, 0.29) is 61.0 Å². The van der Waals surface area contributed by atoms with E-state index in [9.17, 15) is 19.8 Å². The van der Waals surface area contributed by atoms with Gasteiger partial charge in [-0.3, -0.25) is 0 Å². The standard InChI is InChI=1S/C47H60O6/c1-6-7-8-9-33-10-12-36(13-11-33)37-14-16-38(17-15-37)41-26-42(39-22-34(18-20-48)24-44(29-39)52-46(50)31(2)3)28-43(27-41)40-23-35(19-21-49)25-45(30-40)53-47(51)32(4)5/h10-17,26-28,34-35,39-40,44-45,48-49H,2,4,6-9,18-25,29-30H2,1,3,5H3. The van der Waals surface area contributed by atoms with Gasteiger partial charge < -0.3 is 19.7 Å². The molecule has 6 atom stereocenters. The molecule has 0 saturated heterocycles. The van der Waals surface area contributed by atoms with E-state index in [1.165, 1.54) is 47.1 Å². The van der Waals surface area contributed by atoms with Crippen molar-refractivity contribution < 1.29 is 29.3 Å². The first-order chi connectivity index (χ1) is 25.6. The fourth-order valence-electron chi connectivity index (χ4n) is 8.45. The zero-order valence-electron chi connectivity index (χ0n) is 32.2. The molecule has 3 aromatic rings. The highest BCUT2D eigenvalue weighted by atomic mass is 16.5. The molecule has 6 nitrogen and oxygen atoms in total. The molecule has 2 N–H and O–H groups in total. The number of aryl methyl sites for hydroxylation is 1. The van der Waals surface area contributed by atoms with Gasteiger partial charge in [-0.05, 0) is 141 Å². The molecule has 0 amide bonds. The lowest BCUT2D eigenvalue weighted by Gasteiger charge is -2.37. The summed E-state index contributed by atoms with van der Waals surface area (Å²) in [6.07, 6.45) is 10.3. The zero-order chi connectivity index (χ0) is 37.9. The highest BCUT2D eigenvalue weighted by molar-refractivity contribution is 5.87. The Morgan fingerprint density at radius 1 is 0.623 bits per heavy atom. The third-order valence-electron chi connectivity index (χ3n) is 11.3. The van der Waals surface area contributed by atoms with Gasteiger partial charge in [0.15, 0.2) is 0 Å². The van der Waals surface area contributed by atoms with Crippen LogP contribution in [0.15, 0.2) is 91.0 Å². The number of rotatable bonds is 16. The van der Waals surface area contributed by atoms with Crippen LogP contribution in [0.5, 0.6) is 0 Å². The monoisotopic (exact) mass is 720 g/mol. The summed E-state index contributed by atoms with van der Waals surface area (Å²) in [6, 6.07) is 24.6. The van der Waals surface area contributed by atoms with Crippen LogP contribution in [0.4, 0.5) is 0 Å². The number of aliphatic hydroxyl groups excluding tert-OH is 2. The Kier molecular flexibility index (Phi) is 14.7. The summed E-state index contributed by atoms with van der Waals surface area (Å²) in [7, 11) is 0. The molecule has 2 fully saturated rings. The predicted octanol–water partition coefficient (Wildman–Crippen LogP) is 10.3. The molecule has 0 bridgehead atoms. The van der Waals surface area contributed by atoms with E-state index in [0.29, 0.717) is 36.8 Å². The van der Waals surface area contributed by atoms with Crippen LogP contribution >= 0.6 is 0 Å². The van der Waals surface area contributed by atoms with Gasteiger partial charge >= 0.3 is 11.9 Å². The molecule has 0 heterocycles. The minimum Gasteiger partial charge on any atom is -0.459 e. The largest absolute Gasteiger partial charge is 0.459 e. The summed E-state index contributed by atoms with van der Waals surface area (Å²) in [5.41, 5.74) is 9.15. The first-order valence-electron chi connectivity index (χ1n) is 19.9. The molecule has 6 heteroatoms. The van der Waals surface area contributed by atoms with E-state index in [4.69, 9.17) is 9.47 Å². The van der Waals surface area contributed by atoms with Crippen molar-refractivity contribution in [3.05, 3.63) is 108 Å². The SMILES string of the molecule is C=C(C)C(=O)OC1CC(CCO)CC(c2cc(-c3ccc(-c4ccc(CCCCC)cc4)cc3)cc(C3CC(CCO)CC(OC(=O)C(=C)C)C3)c2)C1. The number of ether oxygens (including phenoxy) is 2. The van der Waals surface area contributed by atoms with Gasteiger partial charge in [-0.2, -0.15) is 0 Å². The minimum atomic E-state index is -0.369. The third kappa shape index (κ3) is 11.3. The Balaban J connectivity index is 1.49. The molecule has 2 aliphatic rings. The minimum absolute atomic E-state index is 0.0936. The fraction of sp³-hybridized carbons (Fsp3) is 0.489. The van der Waals surface area contributed by atoms with Gasteiger partial charge in [-0.1, -0.05) is 99.7 Å². The van der Waals surface area contributed by atoms with Crippen molar-refractivity contribution in [3.8, 4) is 22.3 Å². The van der Waals surface area contributed by atoms with E-state index in [1.54, 1.807) is 13.8 Å². The molecule has 0 aliphatic heterocycles. The number of hydrogen-bond acceptors (Lipinski definition) is 6. The van der Waals surface area contributed by atoms with Gasteiger partial charge in [-0.15, -0.1) is 0 Å². The lowest BCUT2D eigenvalue weighted by Crippen LogP contribution is -2.31. The lowest BCUT2D eigenvalue weighted by atomic mass is 9.72. The Morgan fingerprint density at radius 2 is 1.06 bits per heavy atom. The third-order valence-corrected chi connectivity index (χ3v) is 11.3. The topological polar surface area (TPSA) is 93.1 Å². The average Bonchev–Trinajstić information content (AvgIpc) is 3.15. The van der Waals surface area contributed by atoms with Gasteiger partial charge in [0, 0.05) is 24.4 Å². The van der Waals surface area contributed by atoms with Crippen molar-refractivity contribution in [2.45, 2.75) is 122 Å². The number of carbonyl (C=O) groups is 2. The quantitative estimate of drug-likeness (QED) is 0.0869. The van der Waals surface area contributed by atoms with Gasteiger partial charge in [0.2, 0.25) is 0 Å². The number of hydrogen-bond donors (Lipinski definition) is 2. The predicted molar refractivity (Wildman–Crippen MR) is 214 cm³/mol. The van der Waals surface area contributed by atoms with Gasteiger partial charge in [0.1, 0.15) is 12.2 Å². The number of carbonyl (C=O) groups excluding carboxylic acids is 2. The molecular formula is C47H60O6. The number of esters is 2. The second-order valence-corrected chi connectivity index (χ2v) is 15.8. The second-order valence-electron chi connectivity index (χ2n) is 15.8. The van der Waals surface area contributed by atoms with Crippen molar-refractivity contribution in [2.24, 2.45) is 11.8 Å². The maximum absolute atomic E-state index is 12.6. The van der Waals surface area contributed by atoms with Crippen molar-refractivity contribution in [3.63, 3.8) is 0 Å². The van der Waals surface area contributed by atoms with Gasteiger partial charge in [-0.25, -0.2) is 9.59 Å². The molecule has 6 unspecified atom stereocenters. The van der Waals surface area contributed by atoms with Crippen LogP contribution in [0, 0.1) is 11.8 Å². The van der Waals surface area contributed by atoms with Crippen LogP contribution in [0.25, 0.3) is 22.3 Å². The molecule has 2 aliphatic carbocycles. The molecule has 284 valence electrons. The summed E-state index contributed by atoms with van der Waals surface area (Å²) in [4.78, 5) is 25.2. The van der Waals surface area contributed by atoms with Crippen molar-refractivity contribution >= 4 is 11.9 Å². The number of benzene rings is 3. The molecule has 0 spiro atoms. The molecule has 0 aromatic heterocycles. The van der Waals surface area contributed by atoms with Crippen molar-refractivity contribution in [1.29, 1.82) is 0 Å².